The number of fused-ring (bicyclic) bond motifs is 4. The number of aryl methyl sites for hydroxylation is 1. The van der Waals surface area contributed by atoms with Crippen molar-refractivity contribution in [2.45, 2.75) is 25.8 Å². The summed E-state index contributed by atoms with van der Waals surface area (Å²) in [5.74, 6) is 0.735. The number of pyridine rings is 1. The molecule has 0 spiro atoms. The van der Waals surface area contributed by atoms with E-state index in [0.717, 1.165) is 36.3 Å². The van der Waals surface area contributed by atoms with Gasteiger partial charge in [-0.15, -0.1) is 0 Å². The SMILES string of the molecule is Cc1c[nH]cc1C(=O)N1C[C@@H]2C[C@H](C1)c1cccc(=O)n1C2. The molecule has 1 fully saturated rings. The fourth-order valence-electron chi connectivity index (χ4n) is 3.90. The van der Waals surface area contributed by atoms with E-state index in [1.165, 1.54) is 0 Å². The number of aromatic nitrogens is 2. The first kappa shape index (κ1) is 13.4. The molecular formula is C17H19N3O2. The number of likely N-dealkylation sites (tertiary alicyclic amines) is 1. The Kier molecular flexibility index (Phi) is 2.96. The Morgan fingerprint density at radius 3 is 2.86 bits per heavy atom. The van der Waals surface area contributed by atoms with Crippen LogP contribution in [0, 0.1) is 12.8 Å². The Morgan fingerprint density at radius 1 is 1.23 bits per heavy atom. The number of H-pyrrole nitrogens is 1. The summed E-state index contributed by atoms with van der Waals surface area (Å²) < 4.78 is 1.89. The highest BCUT2D eigenvalue weighted by atomic mass is 16.2. The molecule has 2 atom stereocenters. The van der Waals surface area contributed by atoms with Crippen molar-refractivity contribution in [1.82, 2.24) is 14.5 Å². The minimum Gasteiger partial charge on any atom is -0.367 e. The van der Waals surface area contributed by atoms with Gasteiger partial charge < -0.3 is 14.5 Å². The number of nitrogens with zero attached hydrogens (tertiary/aromatic N) is 2. The molecule has 2 aliphatic rings. The quantitative estimate of drug-likeness (QED) is 0.871. The number of piperidine rings is 1. The largest absolute Gasteiger partial charge is 0.367 e. The molecule has 2 aromatic rings. The van der Waals surface area contributed by atoms with E-state index in [-0.39, 0.29) is 17.4 Å². The first-order chi connectivity index (χ1) is 10.6. The number of amides is 1. The van der Waals surface area contributed by atoms with Crippen LogP contribution in [0.25, 0.3) is 0 Å². The van der Waals surface area contributed by atoms with Crippen molar-refractivity contribution in [1.29, 1.82) is 0 Å². The van der Waals surface area contributed by atoms with Gasteiger partial charge in [0.15, 0.2) is 0 Å². The molecule has 114 valence electrons. The lowest BCUT2D eigenvalue weighted by molar-refractivity contribution is 0.0594. The van der Waals surface area contributed by atoms with E-state index < -0.39 is 0 Å². The molecule has 5 nitrogen and oxygen atoms in total. The van der Waals surface area contributed by atoms with Crippen LogP contribution >= 0.6 is 0 Å². The summed E-state index contributed by atoms with van der Waals surface area (Å²) in [5.41, 5.74) is 2.89. The maximum atomic E-state index is 12.7. The van der Waals surface area contributed by atoms with Crippen molar-refractivity contribution >= 4 is 5.91 Å². The molecule has 0 aromatic carbocycles. The van der Waals surface area contributed by atoms with E-state index in [2.05, 4.69) is 4.98 Å². The predicted octanol–water partition coefficient (Wildman–Crippen LogP) is 1.74. The van der Waals surface area contributed by atoms with Gasteiger partial charge in [0.25, 0.3) is 11.5 Å². The van der Waals surface area contributed by atoms with E-state index >= 15 is 0 Å². The monoisotopic (exact) mass is 297 g/mol. The normalized spacial score (nSPS) is 23.2. The van der Waals surface area contributed by atoms with Gasteiger partial charge in [-0.3, -0.25) is 9.59 Å². The summed E-state index contributed by atoms with van der Waals surface area (Å²) in [6.45, 7) is 4.11. The summed E-state index contributed by atoms with van der Waals surface area (Å²) >= 11 is 0. The minimum atomic E-state index is 0.0773. The lowest BCUT2D eigenvalue weighted by atomic mass is 9.83. The fraction of sp³-hybridized carbons (Fsp3) is 0.412. The second-order valence-electron chi connectivity index (χ2n) is 6.46. The number of hydrogen-bond acceptors (Lipinski definition) is 2. The van der Waals surface area contributed by atoms with Crippen LogP contribution in [0.5, 0.6) is 0 Å². The molecule has 4 heterocycles. The number of hydrogen-bond donors (Lipinski definition) is 1. The third-order valence-electron chi connectivity index (χ3n) is 4.95. The molecule has 2 bridgehead atoms. The standard InChI is InChI=1S/C17H19N3O2/c1-11-6-18-7-14(11)17(22)19-8-12-5-13(10-19)15-3-2-4-16(21)20(15)9-12/h2-4,6-7,12-13,18H,5,8-10H2,1H3/t12-,13+/m0/s1. The Bertz CT molecular complexity index is 789. The van der Waals surface area contributed by atoms with Crippen LogP contribution in [0.1, 0.15) is 34.0 Å². The van der Waals surface area contributed by atoms with Gasteiger partial charge in [0, 0.05) is 49.7 Å². The van der Waals surface area contributed by atoms with Crippen molar-refractivity contribution in [3.8, 4) is 0 Å². The fourth-order valence-corrected chi connectivity index (χ4v) is 3.90. The molecule has 2 aromatic heterocycles. The van der Waals surface area contributed by atoms with Crippen LogP contribution in [0.15, 0.2) is 35.4 Å². The second-order valence-corrected chi connectivity index (χ2v) is 6.46. The summed E-state index contributed by atoms with van der Waals surface area (Å²) in [6.07, 6.45) is 4.70. The highest BCUT2D eigenvalue weighted by molar-refractivity contribution is 5.95. The molecule has 5 heteroatoms. The zero-order valence-corrected chi connectivity index (χ0v) is 12.6. The van der Waals surface area contributed by atoms with Crippen molar-refractivity contribution in [2.24, 2.45) is 5.92 Å². The third-order valence-corrected chi connectivity index (χ3v) is 4.95. The third kappa shape index (κ3) is 2.00. The molecule has 0 radical (unpaired) electrons. The molecule has 0 unspecified atom stereocenters. The van der Waals surface area contributed by atoms with Crippen LogP contribution in [-0.2, 0) is 6.54 Å². The van der Waals surface area contributed by atoms with Crippen LogP contribution in [0.2, 0.25) is 0 Å². The van der Waals surface area contributed by atoms with E-state index in [1.807, 2.05) is 34.7 Å². The average molecular weight is 297 g/mol. The van der Waals surface area contributed by atoms with Crippen molar-refractivity contribution in [3.05, 3.63) is 57.8 Å². The first-order valence-electron chi connectivity index (χ1n) is 7.76. The molecule has 1 saturated heterocycles. The topological polar surface area (TPSA) is 58.1 Å². The van der Waals surface area contributed by atoms with Crippen molar-refractivity contribution in [3.63, 3.8) is 0 Å². The van der Waals surface area contributed by atoms with Gasteiger partial charge in [0.2, 0.25) is 0 Å². The number of nitrogens with one attached hydrogen (secondary N) is 1. The highest BCUT2D eigenvalue weighted by Gasteiger charge is 2.36. The van der Waals surface area contributed by atoms with E-state index in [4.69, 9.17) is 0 Å². The molecular weight excluding hydrogens is 278 g/mol. The van der Waals surface area contributed by atoms with Crippen LogP contribution in [0.3, 0.4) is 0 Å². The zero-order valence-electron chi connectivity index (χ0n) is 12.6. The molecule has 4 rings (SSSR count). The molecule has 0 aliphatic carbocycles. The van der Waals surface area contributed by atoms with Crippen molar-refractivity contribution in [2.75, 3.05) is 13.1 Å². The Labute approximate surface area is 128 Å². The predicted molar refractivity (Wildman–Crippen MR) is 83.0 cm³/mol. The Morgan fingerprint density at radius 2 is 2.09 bits per heavy atom. The van der Waals surface area contributed by atoms with Gasteiger partial charge in [-0.25, -0.2) is 0 Å². The number of aromatic amines is 1. The average Bonchev–Trinajstić information content (AvgIpc) is 2.93. The molecule has 0 saturated carbocycles. The first-order valence-corrected chi connectivity index (χ1v) is 7.76. The second kappa shape index (κ2) is 4.87. The number of carbonyl (C=O) groups is 1. The van der Waals surface area contributed by atoms with Crippen LogP contribution in [0.4, 0.5) is 0 Å². The van der Waals surface area contributed by atoms with Gasteiger partial charge >= 0.3 is 0 Å². The molecule has 2 aliphatic heterocycles. The van der Waals surface area contributed by atoms with Gasteiger partial charge in [-0.2, -0.15) is 0 Å². The van der Waals surface area contributed by atoms with Crippen LogP contribution in [-0.4, -0.2) is 33.4 Å². The van der Waals surface area contributed by atoms with E-state index in [1.54, 1.807) is 12.3 Å². The Hall–Kier alpha value is -2.30. The highest BCUT2D eigenvalue weighted by Crippen LogP contribution is 2.35. The lowest BCUT2D eigenvalue weighted by Gasteiger charge is -2.42. The number of carbonyl (C=O) groups excluding carboxylic acids is 1. The lowest BCUT2D eigenvalue weighted by Crippen LogP contribution is -2.49. The van der Waals surface area contributed by atoms with Gasteiger partial charge in [0.1, 0.15) is 0 Å². The Balaban J connectivity index is 1.65. The molecule has 22 heavy (non-hydrogen) atoms. The molecule has 1 amide bonds. The van der Waals surface area contributed by atoms with Gasteiger partial charge in [-0.1, -0.05) is 6.07 Å². The summed E-state index contributed by atoms with van der Waals surface area (Å²) in [6, 6.07) is 5.47. The van der Waals surface area contributed by atoms with Crippen molar-refractivity contribution < 1.29 is 4.79 Å². The maximum absolute atomic E-state index is 12.7. The smallest absolute Gasteiger partial charge is 0.255 e. The molecule has 1 N–H and O–H groups in total. The zero-order chi connectivity index (χ0) is 15.3. The summed E-state index contributed by atoms with van der Waals surface area (Å²) in [7, 11) is 0. The maximum Gasteiger partial charge on any atom is 0.255 e. The van der Waals surface area contributed by atoms with E-state index in [0.29, 0.717) is 12.5 Å². The summed E-state index contributed by atoms with van der Waals surface area (Å²) in [5, 5.41) is 0. The van der Waals surface area contributed by atoms with Gasteiger partial charge in [0.05, 0.1) is 5.56 Å². The van der Waals surface area contributed by atoms with E-state index in [9.17, 15) is 9.59 Å². The van der Waals surface area contributed by atoms with Crippen LogP contribution < -0.4 is 5.56 Å². The summed E-state index contributed by atoms with van der Waals surface area (Å²) in [4.78, 5) is 29.7. The number of rotatable bonds is 1. The van der Waals surface area contributed by atoms with Gasteiger partial charge in [-0.05, 0) is 30.9 Å². The minimum absolute atomic E-state index is 0.0773.